The molecule has 194 valence electrons. The maximum Gasteiger partial charge on any atom is 0.261 e. The van der Waals surface area contributed by atoms with E-state index >= 15 is 0 Å². The number of nitrogens with one attached hydrogen (secondary N) is 2. The van der Waals surface area contributed by atoms with Crippen molar-refractivity contribution in [3.8, 4) is 0 Å². The van der Waals surface area contributed by atoms with Gasteiger partial charge in [0.25, 0.3) is 15.9 Å². The van der Waals surface area contributed by atoms with Crippen LogP contribution in [-0.2, 0) is 15.4 Å². The normalized spacial score (nSPS) is 11.6. The number of hydrogen-bond acceptors (Lipinski definition) is 4. The Bertz CT molecular complexity index is 1580. The van der Waals surface area contributed by atoms with E-state index in [9.17, 15) is 18.0 Å². The van der Waals surface area contributed by atoms with Gasteiger partial charge in [-0.15, -0.1) is 0 Å². The minimum Gasteiger partial charge on any atom is -0.322 e. The number of carbonyl (C=O) groups is 2. The molecule has 38 heavy (non-hydrogen) atoms. The molecule has 0 aliphatic heterocycles. The van der Waals surface area contributed by atoms with E-state index in [0.29, 0.717) is 16.8 Å². The number of aryl methyl sites for hydroxylation is 1. The van der Waals surface area contributed by atoms with Gasteiger partial charge in [-0.2, -0.15) is 0 Å². The fraction of sp³-hybridized carbons (Fsp3) is 0.161. The third-order valence-electron chi connectivity index (χ3n) is 6.10. The molecule has 4 rings (SSSR count). The Balaban J connectivity index is 1.48. The summed E-state index contributed by atoms with van der Waals surface area (Å²) in [5.41, 5.74) is 4.08. The van der Waals surface area contributed by atoms with Gasteiger partial charge in [0.05, 0.1) is 4.90 Å². The lowest BCUT2D eigenvalue weighted by Crippen LogP contribution is -2.15. The number of ketones is 1. The summed E-state index contributed by atoms with van der Waals surface area (Å²) in [6.45, 7) is 8.22. The van der Waals surface area contributed by atoms with Gasteiger partial charge in [-0.3, -0.25) is 14.3 Å². The van der Waals surface area contributed by atoms with Crippen molar-refractivity contribution in [2.45, 2.75) is 38.0 Å². The van der Waals surface area contributed by atoms with E-state index in [0.717, 1.165) is 11.1 Å². The van der Waals surface area contributed by atoms with Crippen LogP contribution < -0.4 is 10.0 Å². The Kier molecular flexibility index (Phi) is 7.51. The van der Waals surface area contributed by atoms with Crippen LogP contribution in [0.25, 0.3) is 0 Å². The molecule has 4 aromatic rings. The van der Waals surface area contributed by atoms with Gasteiger partial charge >= 0.3 is 0 Å². The van der Waals surface area contributed by atoms with E-state index in [1.165, 1.54) is 18.2 Å². The van der Waals surface area contributed by atoms with Crippen LogP contribution in [0.15, 0.2) is 102 Å². The van der Waals surface area contributed by atoms with Crippen molar-refractivity contribution in [1.82, 2.24) is 0 Å². The summed E-state index contributed by atoms with van der Waals surface area (Å²) in [4.78, 5) is 26.1. The molecule has 0 unspecified atom stereocenters. The smallest absolute Gasteiger partial charge is 0.261 e. The fourth-order valence-corrected chi connectivity index (χ4v) is 4.93. The second-order valence-corrected chi connectivity index (χ2v) is 11.9. The lowest BCUT2D eigenvalue weighted by Gasteiger charge is -2.19. The van der Waals surface area contributed by atoms with Gasteiger partial charge in [0, 0.05) is 28.1 Å². The van der Waals surface area contributed by atoms with Crippen LogP contribution in [0, 0.1) is 6.92 Å². The van der Waals surface area contributed by atoms with E-state index in [4.69, 9.17) is 0 Å². The van der Waals surface area contributed by atoms with Crippen molar-refractivity contribution in [1.29, 1.82) is 0 Å². The lowest BCUT2D eigenvalue weighted by molar-refractivity contribution is 0.102. The van der Waals surface area contributed by atoms with Crippen LogP contribution in [-0.4, -0.2) is 20.1 Å². The molecule has 0 heterocycles. The molecule has 0 saturated heterocycles. The summed E-state index contributed by atoms with van der Waals surface area (Å²) in [5, 5.41) is 2.79. The Morgan fingerprint density at radius 3 is 1.89 bits per heavy atom. The van der Waals surface area contributed by atoms with Gasteiger partial charge < -0.3 is 5.32 Å². The van der Waals surface area contributed by atoms with Crippen LogP contribution in [0.5, 0.6) is 0 Å². The van der Waals surface area contributed by atoms with Gasteiger partial charge in [-0.25, -0.2) is 8.42 Å². The molecule has 6 nitrogen and oxygen atoms in total. The lowest BCUT2D eigenvalue weighted by atomic mass is 9.86. The van der Waals surface area contributed by atoms with Crippen molar-refractivity contribution in [2.75, 3.05) is 10.0 Å². The standard InChI is InChI=1S/C31H30N2O4S/c1-21-11-17-28(18-12-21)38(36,37)33-27-10-6-8-24(20-27)30(35)32-26-9-5-7-23(19-26)29(34)22-13-15-25(16-14-22)31(2,3)4/h5-20,33H,1-4H3,(H,32,35). The minimum atomic E-state index is -3.80. The second kappa shape index (κ2) is 10.6. The van der Waals surface area contributed by atoms with Crippen molar-refractivity contribution < 1.29 is 18.0 Å². The average Bonchev–Trinajstić information content (AvgIpc) is 2.88. The molecule has 0 spiro atoms. The number of sulfonamides is 1. The summed E-state index contributed by atoms with van der Waals surface area (Å²) in [6, 6.07) is 27.0. The molecular formula is C31H30N2O4S. The predicted molar refractivity (Wildman–Crippen MR) is 151 cm³/mol. The summed E-state index contributed by atoms with van der Waals surface area (Å²) in [6.07, 6.45) is 0. The SMILES string of the molecule is Cc1ccc(S(=O)(=O)Nc2cccc(C(=O)Nc3cccc(C(=O)c4ccc(C(C)(C)C)cc4)c3)c2)cc1. The summed E-state index contributed by atoms with van der Waals surface area (Å²) in [7, 11) is -3.80. The first-order valence-electron chi connectivity index (χ1n) is 12.2. The molecule has 1 amide bonds. The molecule has 0 bridgehead atoms. The Morgan fingerprint density at radius 2 is 1.26 bits per heavy atom. The molecule has 0 aliphatic carbocycles. The van der Waals surface area contributed by atoms with Crippen LogP contribution in [0.3, 0.4) is 0 Å². The van der Waals surface area contributed by atoms with E-state index in [-0.39, 0.29) is 27.3 Å². The van der Waals surface area contributed by atoms with Gasteiger partial charge in [0.15, 0.2) is 5.78 Å². The van der Waals surface area contributed by atoms with Crippen LogP contribution in [0.2, 0.25) is 0 Å². The van der Waals surface area contributed by atoms with Crippen molar-refractivity contribution in [3.63, 3.8) is 0 Å². The van der Waals surface area contributed by atoms with Crippen molar-refractivity contribution in [3.05, 3.63) is 125 Å². The third-order valence-corrected chi connectivity index (χ3v) is 7.50. The molecule has 7 heteroatoms. The first-order chi connectivity index (χ1) is 17.9. The molecule has 0 aromatic heterocycles. The third kappa shape index (κ3) is 6.36. The van der Waals surface area contributed by atoms with E-state index < -0.39 is 15.9 Å². The average molecular weight is 527 g/mol. The Morgan fingerprint density at radius 1 is 0.684 bits per heavy atom. The topological polar surface area (TPSA) is 92.3 Å². The van der Waals surface area contributed by atoms with E-state index in [2.05, 4.69) is 30.8 Å². The van der Waals surface area contributed by atoms with Gasteiger partial charge in [-0.05, 0) is 60.4 Å². The second-order valence-electron chi connectivity index (χ2n) is 10.2. The highest BCUT2D eigenvalue weighted by molar-refractivity contribution is 7.92. The maximum absolute atomic E-state index is 13.1. The fourth-order valence-electron chi connectivity index (χ4n) is 3.89. The zero-order valence-corrected chi connectivity index (χ0v) is 22.6. The van der Waals surface area contributed by atoms with Crippen LogP contribution in [0.4, 0.5) is 11.4 Å². The molecule has 0 fully saturated rings. The largest absolute Gasteiger partial charge is 0.322 e. The van der Waals surface area contributed by atoms with Crippen molar-refractivity contribution in [2.24, 2.45) is 0 Å². The van der Waals surface area contributed by atoms with E-state index in [1.54, 1.807) is 54.6 Å². The molecule has 4 aromatic carbocycles. The molecule has 2 N–H and O–H groups in total. The number of hydrogen-bond donors (Lipinski definition) is 2. The number of rotatable bonds is 7. The number of amides is 1. The zero-order chi connectivity index (χ0) is 27.5. The molecule has 0 saturated carbocycles. The minimum absolute atomic E-state index is 0.0105. The number of anilines is 2. The van der Waals surface area contributed by atoms with Crippen LogP contribution in [0.1, 0.15) is 58.2 Å². The molecular weight excluding hydrogens is 496 g/mol. The highest BCUT2D eigenvalue weighted by Gasteiger charge is 2.17. The Hall–Kier alpha value is -4.23. The quantitative estimate of drug-likeness (QED) is 0.266. The van der Waals surface area contributed by atoms with Gasteiger partial charge in [-0.1, -0.05) is 80.9 Å². The Labute approximate surface area is 223 Å². The molecule has 0 radical (unpaired) electrons. The number of carbonyl (C=O) groups excluding carboxylic acids is 2. The molecule has 0 aliphatic rings. The van der Waals surface area contributed by atoms with Gasteiger partial charge in [0.1, 0.15) is 0 Å². The summed E-state index contributed by atoms with van der Waals surface area (Å²) < 4.78 is 28.0. The monoisotopic (exact) mass is 526 g/mol. The van der Waals surface area contributed by atoms with Crippen molar-refractivity contribution >= 4 is 33.1 Å². The molecule has 0 atom stereocenters. The highest BCUT2D eigenvalue weighted by atomic mass is 32.2. The van der Waals surface area contributed by atoms with E-state index in [1.807, 2.05) is 31.2 Å². The summed E-state index contributed by atoms with van der Waals surface area (Å²) in [5.74, 6) is -0.574. The number of benzene rings is 4. The first-order valence-corrected chi connectivity index (χ1v) is 13.7. The maximum atomic E-state index is 13.1. The zero-order valence-electron chi connectivity index (χ0n) is 21.8. The van der Waals surface area contributed by atoms with Crippen LogP contribution >= 0.6 is 0 Å². The predicted octanol–water partition coefficient (Wildman–Crippen LogP) is 6.58. The first kappa shape index (κ1) is 26.8. The highest BCUT2D eigenvalue weighted by Crippen LogP contribution is 2.24. The van der Waals surface area contributed by atoms with Gasteiger partial charge in [0.2, 0.25) is 0 Å². The summed E-state index contributed by atoms with van der Waals surface area (Å²) >= 11 is 0.